The first-order valence-electron chi connectivity index (χ1n) is 9.38. The fourth-order valence-corrected chi connectivity index (χ4v) is 3.21. The van der Waals surface area contributed by atoms with Gasteiger partial charge in [0.15, 0.2) is 17.8 Å². The normalized spacial score (nSPS) is 37.4. The predicted octanol–water partition coefficient (Wildman–Crippen LogP) is -3.56. The maximum Gasteiger partial charge on any atom is 0.335 e. The van der Waals surface area contributed by atoms with Crippen LogP contribution >= 0.6 is 0 Å². The van der Waals surface area contributed by atoms with Gasteiger partial charge in [-0.3, -0.25) is 0 Å². The molecule has 0 bridgehead atoms. The predicted molar refractivity (Wildman–Crippen MR) is 97.8 cm³/mol. The smallest absolute Gasteiger partial charge is 0.335 e. The number of rotatable bonds is 7. The number of aromatic hydroxyl groups is 2. The molecule has 0 radical (unpaired) electrons. The van der Waals surface area contributed by atoms with Crippen LogP contribution in [0.4, 0.5) is 0 Å². The van der Waals surface area contributed by atoms with Crippen molar-refractivity contribution in [3.05, 3.63) is 17.7 Å². The van der Waals surface area contributed by atoms with Gasteiger partial charge in [-0.05, 0) is 12.1 Å². The standard InChI is InChI=1S/C18H24O14/c19-4-18(28)5-30-17(14(18)25)29-3-9-11(22)12(23)13(24)16(32-9)31-8-2-6(15(26)27)1-7(20)10(8)21/h1-2,9,11-14,16-17,19-25,28H,3-5H2,(H,26,27). The first kappa shape index (κ1) is 24.4. The largest absolute Gasteiger partial charge is 0.504 e. The van der Waals surface area contributed by atoms with E-state index in [4.69, 9.17) is 29.2 Å². The zero-order valence-electron chi connectivity index (χ0n) is 16.4. The second-order valence-electron chi connectivity index (χ2n) is 7.50. The molecule has 1 aromatic rings. The van der Waals surface area contributed by atoms with E-state index >= 15 is 0 Å². The molecule has 14 nitrogen and oxygen atoms in total. The molecule has 2 saturated heterocycles. The summed E-state index contributed by atoms with van der Waals surface area (Å²) in [7, 11) is 0. The van der Waals surface area contributed by atoms with Gasteiger partial charge < -0.3 is 64.9 Å². The van der Waals surface area contributed by atoms with Crippen molar-refractivity contribution in [3.63, 3.8) is 0 Å². The minimum atomic E-state index is -1.95. The summed E-state index contributed by atoms with van der Waals surface area (Å²) < 4.78 is 20.9. The van der Waals surface area contributed by atoms with Crippen LogP contribution in [0.1, 0.15) is 10.4 Å². The second-order valence-corrected chi connectivity index (χ2v) is 7.50. The monoisotopic (exact) mass is 464 g/mol. The molecule has 8 unspecified atom stereocenters. The van der Waals surface area contributed by atoms with E-state index in [1.807, 2.05) is 0 Å². The molecule has 2 fully saturated rings. The number of carboxylic acids is 1. The fraction of sp³-hybridized carbons (Fsp3) is 0.611. The zero-order valence-corrected chi connectivity index (χ0v) is 16.4. The lowest BCUT2D eigenvalue weighted by atomic mass is 9.99. The van der Waals surface area contributed by atoms with Crippen molar-refractivity contribution >= 4 is 5.97 Å². The Kier molecular flexibility index (Phi) is 7.09. The number of phenols is 2. The van der Waals surface area contributed by atoms with Crippen LogP contribution in [0.5, 0.6) is 17.2 Å². The molecule has 9 N–H and O–H groups in total. The number of carboxylic acid groups (broad SMARTS) is 1. The van der Waals surface area contributed by atoms with Crippen LogP contribution < -0.4 is 4.74 Å². The van der Waals surface area contributed by atoms with Crippen LogP contribution in [-0.4, -0.2) is 120 Å². The molecule has 3 rings (SSSR count). The van der Waals surface area contributed by atoms with Gasteiger partial charge in [-0.2, -0.15) is 0 Å². The topological polar surface area (TPSA) is 236 Å². The minimum Gasteiger partial charge on any atom is -0.504 e. The number of benzene rings is 1. The highest BCUT2D eigenvalue weighted by atomic mass is 16.7. The Morgan fingerprint density at radius 1 is 1.09 bits per heavy atom. The average molecular weight is 464 g/mol. The highest BCUT2D eigenvalue weighted by Gasteiger charge is 2.50. The van der Waals surface area contributed by atoms with Crippen molar-refractivity contribution in [1.29, 1.82) is 0 Å². The molecule has 0 spiro atoms. The Morgan fingerprint density at radius 3 is 2.38 bits per heavy atom. The van der Waals surface area contributed by atoms with E-state index in [0.717, 1.165) is 12.1 Å². The van der Waals surface area contributed by atoms with E-state index in [1.54, 1.807) is 0 Å². The van der Waals surface area contributed by atoms with Gasteiger partial charge in [0.2, 0.25) is 12.0 Å². The summed E-state index contributed by atoms with van der Waals surface area (Å²) in [6.45, 7) is -1.78. The van der Waals surface area contributed by atoms with Gasteiger partial charge in [0.1, 0.15) is 36.1 Å². The van der Waals surface area contributed by atoms with E-state index in [0.29, 0.717) is 0 Å². The van der Waals surface area contributed by atoms with Gasteiger partial charge in [0, 0.05) is 0 Å². The number of aromatic carboxylic acids is 1. The Morgan fingerprint density at radius 2 is 1.78 bits per heavy atom. The summed E-state index contributed by atoms with van der Waals surface area (Å²) in [6, 6.07) is 1.60. The van der Waals surface area contributed by atoms with Crippen molar-refractivity contribution in [1.82, 2.24) is 0 Å². The summed E-state index contributed by atoms with van der Waals surface area (Å²) in [5.74, 6) is -3.72. The van der Waals surface area contributed by atoms with Gasteiger partial charge in [-0.15, -0.1) is 0 Å². The summed E-state index contributed by atoms with van der Waals surface area (Å²) in [6.07, 6.45) is -11.6. The first-order chi connectivity index (χ1) is 15.0. The summed E-state index contributed by atoms with van der Waals surface area (Å²) >= 11 is 0. The highest BCUT2D eigenvalue weighted by molar-refractivity contribution is 5.89. The molecule has 8 atom stereocenters. The average Bonchev–Trinajstić information content (AvgIpc) is 3.05. The van der Waals surface area contributed by atoms with Crippen LogP contribution in [0.15, 0.2) is 12.1 Å². The molecular weight excluding hydrogens is 440 g/mol. The van der Waals surface area contributed by atoms with Gasteiger partial charge >= 0.3 is 5.97 Å². The molecule has 0 aliphatic carbocycles. The molecule has 14 heteroatoms. The van der Waals surface area contributed by atoms with Crippen LogP contribution in [-0.2, 0) is 14.2 Å². The van der Waals surface area contributed by atoms with Crippen LogP contribution in [0.25, 0.3) is 0 Å². The van der Waals surface area contributed by atoms with Crippen LogP contribution in [0.2, 0.25) is 0 Å². The molecule has 0 aromatic heterocycles. The quantitative estimate of drug-likeness (QED) is 0.178. The highest BCUT2D eigenvalue weighted by Crippen LogP contribution is 2.38. The second kappa shape index (κ2) is 9.30. The molecular formula is C18H24O14. The molecule has 32 heavy (non-hydrogen) atoms. The number of hydrogen-bond donors (Lipinski definition) is 9. The number of hydrogen-bond acceptors (Lipinski definition) is 13. The summed E-state index contributed by atoms with van der Waals surface area (Å²) in [4.78, 5) is 11.1. The van der Waals surface area contributed by atoms with E-state index < -0.39 is 97.3 Å². The van der Waals surface area contributed by atoms with Crippen molar-refractivity contribution in [2.75, 3.05) is 19.8 Å². The third kappa shape index (κ3) is 4.59. The fourth-order valence-electron chi connectivity index (χ4n) is 3.21. The van der Waals surface area contributed by atoms with Crippen LogP contribution in [0, 0.1) is 0 Å². The molecule has 180 valence electrons. The maximum absolute atomic E-state index is 11.1. The molecule has 0 amide bonds. The van der Waals surface area contributed by atoms with Crippen molar-refractivity contribution in [3.8, 4) is 17.2 Å². The van der Waals surface area contributed by atoms with Gasteiger partial charge in [0.25, 0.3) is 0 Å². The number of aliphatic hydroxyl groups excluding tert-OH is 5. The van der Waals surface area contributed by atoms with Gasteiger partial charge in [-0.1, -0.05) is 0 Å². The Bertz CT molecular complexity index is 832. The number of carbonyl (C=O) groups is 1. The van der Waals surface area contributed by atoms with Crippen molar-refractivity contribution < 1.29 is 69.7 Å². The lowest BCUT2D eigenvalue weighted by Crippen LogP contribution is -2.60. The third-order valence-electron chi connectivity index (χ3n) is 5.22. The number of ether oxygens (including phenoxy) is 4. The van der Waals surface area contributed by atoms with Crippen LogP contribution in [0.3, 0.4) is 0 Å². The Balaban J connectivity index is 1.72. The summed E-state index contributed by atoms with van der Waals surface area (Å²) in [5, 5.41) is 88.2. The zero-order chi connectivity index (χ0) is 23.8. The lowest BCUT2D eigenvalue weighted by molar-refractivity contribution is -0.289. The van der Waals surface area contributed by atoms with Gasteiger partial charge in [0.05, 0.1) is 25.4 Å². The van der Waals surface area contributed by atoms with E-state index in [-0.39, 0.29) is 0 Å². The Hall–Kier alpha value is -2.27. The van der Waals surface area contributed by atoms with E-state index in [1.165, 1.54) is 0 Å². The molecule has 1 aromatic carbocycles. The third-order valence-corrected chi connectivity index (χ3v) is 5.22. The number of phenolic OH excluding ortho intramolecular Hbond substituents is 2. The molecule has 2 heterocycles. The molecule has 0 saturated carbocycles. The van der Waals surface area contributed by atoms with Crippen molar-refractivity contribution in [2.24, 2.45) is 0 Å². The summed E-state index contributed by atoms with van der Waals surface area (Å²) in [5.41, 5.74) is -2.41. The molecule has 2 aliphatic heterocycles. The first-order valence-corrected chi connectivity index (χ1v) is 9.38. The SMILES string of the molecule is O=C(O)c1cc(O)c(O)c(OC2OC(COC3OCC(O)(CO)C3O)C(O)C(O)C2O)c1. The van der Waals surface area contributed by atoms with E-state index in [2.05, 4.69) is 0 Å². The number of aliphatic hydroxyl groups is 6. The molecule has 2 aliphatic rings. The lowest BCUT2D eigenvalue weighted by Gasteiger charge is -2.40. The van der Waals surface area contributed by atoms with Crippen molar-refractivity contribution in [2.45, 2.75) is 48.7 Å². The van der Waals surface area contributed by atoms with E-state index in [9.17, 15) is 40.5 Å². The van der Waals surface area contributed by atoms with Gasteiger partial charge in [-0.25, -0.2) is 4.79 Å². The Labute approximate surface area is 180 Å². The maximum atomic E-state index is 11.1. The minimum absolute atomic E-state index is 0.431.